The Morgan fingerprint density at radius 2 is 1.97 bits per heavy atom. The van der Waals surface area contributed by atoms with Crippen molar-refractivity contribution in [3.8, 4) is 5.75 Å². The van der Waals surface area contributed by atoms with Gasteiger partial charge in [0.2, 0.25) is 0 Å². The van der Waals surface area contributed by atoms with E-state index in [9.17, 15) is 24.3 Å². The average molecular weight is 458 g/mol. The normalized spacial score (nSPS) is 21.9. The number of rotatable bonds is 8. The number of nitrogens with one attached hydrogen (secondary N) is 1. The van der Waals surface area contributed by atoms with E-state index >= 15 is 0 Å². The van der Waals surface area contributed by atoms with Gasteiger partial charge in [0, 0.05) is 25.4 Å². The largest absolute Gasteiger partial charge is 1.00 e. The number of methoxy groups -OCH3 is 1. The number of carbonyl (C=O) groups is 4. The topological polar surface area (TPSA) is 134 Å². The molecule has 1 aromatic rings. The van der Waals surface area contributed by atoms with Gasteiger partial charge in [-0.1, -0.05) is 18.2 Å². The summed E-state index contributed by atoms with van der Waals surface area (Å²) >= 11 is 1.17. The van der Waals surface area contributed by atoms with Gasteiger partial charge < -0.3 is 29.4 Å². The summed E-state index contributed by atoms with van der Waals surface area (Å²) in [6, 6.07) is 8.64. The molecule has 160 valence electrons. The Labute approximate surface area is 204 Å². The zero-order chi connectivity index (χ0) is 21.9. The van der Waals surface area contributed by atoms with Gasteiger partial charge >= 0.3 is 35.5 Å². The summed E-state index contributed by atoms with van der Waals surface area (Å²) in [5.74, 6) is -2.93. The van der Waals surface area contributed by atoms with Crippen molar-refractivity contribution in [2.24, 2.45) is 0 Å². The van der Waals surface area contributed by atoms with Crippen molar-refractivity contribution in [2.75, 3.05) is 26.1 Å². The van der Waals surface area contributed by atoms with Crippen molar-refractivity contribution in [1.82, 2.24) is 10.2 Å². The molecule has 1 aromatic carbocycles. The number of nitrogens with zero attached hydrogens (tertiary/aromatic N) is 1. The number of carboxylic acids is 1. The molecule has 0 aromatic heterocycles. The minimum absolute atomic E-state index is 0. The fraction of sp³-hybridized carbons (Fsp3) is 0.368. The third kappa shape index (κ3) is 5.07. The Kier molecular flexibility index (Phi) is 8.55. The average Bonchev–Trinajstić information content (AvgIpc) is 2.74. The van der Waals surface area contributed by atoms with Gasteiger partial charge in [-0.05, 0) is 12.1 Å². The van der Waals surface area contributed by atoms with Crippen LogP contribution in [0.25, 0.3) is 0 Å². The fourth-order valence-corrected chi connectivity index (χ4v) is 4.56. The fourth-order valence-electron chi connectivity index (χ4n) is 3.14. The van der Waals surface area contributed by atoms with Crippen molar-refractivity contribution < 1.29 is 68.1 Å². The Hall–Kier alpha value is -2.05. The molecule has 31 heavy (non-hydrogen) atoms. The van der Waals surface area contributed by atoms with Crippen LogP contribution in [0.4, 0.5) is 0 Å². The van der Waals surface area contributed by atoms with Crippen LogP contribution in [-0.2, 0) is 28.7 Å². The molecule has 1 unspecified atom stereocenters. The Morgan fingerprint density at radius 3 is 2.55 bits per heavy atom. The molecule has 2 heterocycles. The summed E-state index contributed by atoms with van der Waals surface area (Å²) in [5.41, 5.74) is -1.90. The van der Waals surface area contributed by atoms with Gasteiger partial charge in [0.1, 0.15) is 17.7 Å². The van der Waals surface area contributed by atoms with Gasteiger partial charge in [0.15, 0.2) is 6.61 Å². The molecule has 3 rings (SSSR count). The first kappa shape index (κ1) is 25.2. The van der Waals surface area contributed by atoms with E-state index in [0.29, 0.717) is 5.75 Å². The van der Waals surface area contributed by atoms with E-state index in [1.807, 2.05) is 0 Å². The van der Waals surface area contributed by atoms with Crippen LogP contribution in [0.3, 0.4) is 0 Å². The third-order valence-electron chi connectivity index (χ3n) is 4.51. The van der Waals surface area contributed by atoms with Gasteiger partial charge in [-0.3, -0.25) is 19.3 Å². The number of carbonyl (C=O) groups excluding carboxylic acids is 4. The number of thioether (sulfide) groups is 1. The van der Waals surface area contributed by atoms with E-state index in [1.54, 1.807) is 30.3 Å². The molecule has 10 nitrogen and oxygen atoms in total. The van der Waals surface area contributed by atoms with E-state index in [4.69, 9.17) is 14.2 Å². The number of hydrogen-bond donors (Lipinski definition) is 1. The molecule has 0 bridgehead atoms. The number of β-lactam (4-membered cyclic amide) rings is 1. The Morgan fingerprint density at radius 1 is 1.29 bits per heavy atom. The van der Waals surface area contributed by atoms with E-state index in [0.717, 1.165) is 4.90 Å². The zero-order valence-corrected chi connectivity index (χ0v) is 20.0. The predicted octanol–water partition coefficient (Wildman–Crippen LogP) is -3.99. The number of para-hydroxylation sites is 1. The second kappa shape index (κ2) is 10.5. The summed E-state index contributed by atoms with van der Waals surface area (Å²) < 4.78 is 15.6. The summed E-state index contributed by atoms with van der Waals surface area (Å²) in [6.45, 7) is 0.551. The number of ether oxygens (including phenoxy) is 3. The predicted molar refractivity (Wildman–Crippen MR) is 102 cm³/mol. The van der Waals surface area contributed by atoms with Gasteiger partial charge in [-0.2, -0.15) is 0 Å². The smallest absolute Gasteiger partial charge is 0.543 e. The number of benzene rings is 1. The van der Waals surface area contributed by atoms with Gasteiger partial charge in [-0.15, -0.1) is 11.8 Å². The molecule has 1 N–H and O–H groups in total. The zero-order valence-electron chi connectivity index (χ0n) is 17.2. The molecule has 0 spiro atoms. The molecule has 0 aliphatic carbocycles. The minimum atomic E-state index is -1.74. The Bertz CT molecular complexity index is 909. The Balaban J connectivity index is 0.00000341. The molecule has 1 fully saturated rings. The quantitative estimate of drug-likeness (QED) is 0.179. The minimum Gasteiger partial charge on any atom is -0.543 e. The molecule has 2 aliphatic heterocycles. The monoisotopic (exact) mass is 458 g/mol. The van der Waals surface area contributed by atoms with Crippen LogP contribution in [0.5, 0.6) is 5.75 Å². The summed E-state index contributed by atoms with van der Waals surface area (Å²) in [6.07, 6.45) is 0. The van der Waals surface area contributed by atoms with Crippen LogP contribution in [0, 0.1) is 0 Å². The van der Waals surface area contributed by atoms with Crippen LogP contribution >= 0.6 is 11.8 Å². The molecule has 1 saturated heterocycles. The number of hydrogen-bond acceptors (Lipinski definition) is 9. The summed E-state index contributed by atoms with van der Waals surface area (Å²) in [4.78, 5) is 48.9. The molecule has 2 amide bonds. The van der Waals surface area contributed by atoms with Crippen LogP contribution < -0.4 is 44.7 Å². The second-order valence-electron chi connectivity index (χ2n) is 6.45. The van der Waals surface area contributed by atoms with Crippen LogP contribution in [0.15, 0.2) is 41.6 Å². The first-order chi connectivity index (χ1) is 14.3. The molecule has 0 saturated carbocycles. The number of esters is 1. The SMILES string of the molecule is COC1(NC(=O)COc2ccccc2)C(=O)N2C(C(=O)[O-])=C(COC(C)=O)CS[C@@H]21.[Na+]. The molecule has 12 heteroatoms. The van der Waals surface area contributed by atoms with E-state index < -0.39 is 34.9 Å². The van der Waals surface area contributed by atoms with Crippen LogP contribution in [0.2, 0.25) is 0 Å². The molecule has 2 atom stereocenters. The van der Waals surface area contributed by atoms with E-state index in [2.05, 4.69) is 5.32 Å². The van der Waals surface area contributed by atoms with Gasteiger partial charge in [-0.25, -0.2) is 0 Å². The first-order valence-electron chi connectivity index (χ1n) is 8.86. The van der Waals surface area contributed by atoms with Crippen molar-refractivity contribution in [1.29, 1.82) is 0 Å². The maximum absolute atomic E-state index is 12.9. The number of carboxylic acid groups (broad SMARTS) is 1. The van der Waals surface area contributed by atoms with Crippen molar-refractivity contribution in [3.63, 3.8) is 0 Å². The van der Waals surface area contributed by atoms with Gasteiger partial charge in [0.05, 0.1) is 11.7 Å². The first-order valence-corrected chi connectivity index (χ1v) is 9.91. The van der Waals surface area contributed by atoms with E-state index in [1.165, 1.54) is 25.8 Å². The number of amides is 2. The summed E-state index contributed by atoms with van der Waals surface area (Å²) in [5, 5.41) is 13.3. The maximum Gasteiger partial charge on any atom is 1.00 e. The standard InChI is InChI=1S/C19H20N2O8S.Na/c1-11(22)28-8-12-10-30-18-19(27-2,17(26)21(18)15(12)16(24)25)20-14(23)9-29-13-6-4-3-5-7-13;/h3-7,18H,8-10H2,1-2H3,(H,20,23)(H,24,25);/q;+1/p-1/t18-,19?;/m1./s1. The van der Waals surface area contributed by atoms with Crippen LogP contribution in [0.1, 0.15) is 6.92 Å². The van der Waals surface area contributed by atoms with Crippen molar-refractivity contribution in [3.05, 3.63) is 41.6 Å². The number of aliphatic carboxylic acids is 1. The van der Waals surface area contributed by atoms with Crippen LogP contribution in [-0.4, -0.2) is 65.8 Å². The molecular formula is C19H19N2NaO8S. The maximum atomic E-state index is 12.9. The molecular weight excluding hydrogens is 439 g/mol. The second-order valence-corrected chi connectivity index (χ2v) is 7.52. The van der Waals surface area contributed by atoms with E-state index in [-0.39, 0.29) is 59.8 Å². The molecule has 2 aliphatic rings. The van der Waals surface area contributed by atoms with Crippen molar-refractivity contribution in [2.45, 2.75) is 18.0 Å². The molecule has 0 radical (unpaired) electrons. The summed E-state index contributed by atoms with van der Waals surface area (Å²) in [7, 11) is 1.24. The number of fused-ring (bicyclic) bond motifs is 1. The van der Waals surface area contributed by atoms with Gasteiger partial charge in [0.25, 0.3) is 17.5 Å². The van der Waals surface area contributed by atoms with Crippen molar-refractivity contribution >= 4 is 35.5 Å². The third-order valence-corrected chi connectivity index (χ3v) is 5.89.